The number of ether oxygens (including phenoxy) is 1. The molecule has 0 aliphatic carbocycles. The Morgan fingerprint density at radius 3 is 2.11 bits per heavy atom. The summed E-state index contributed by atoms with van der Waals surface area (Å²) in [6, 6.07) is 0. The SMILES string of the molecule is O=C[C@@H](O)[C@H](O)C[C@H]1O[C@H](CO)[C@@H](O)[C@H](O)[C@@H]1O. The molecule has 8 heteroatoms. The first-order valence-electron chi connectivity index (χ1n) is 5.54. The molecule has 0 bridgehead atoms. The predicted molar refractivity (Wildman–Crippen MR) is 56.5 cm³/mol. The van der Waals surface area contributed by atoms with Crippen molar-refractivity contribution >= 4 is 6.29 Å². The highest BCUT2D eigenvalue weighted by Crippen LogP contribution is 2.24. The quantitative estimate of drug-likeness (QED) is 0.277. The van der Waals surface area contributed by atoms with Gasteiger partial charge in [-0.1, -0.05) is 0 Å². The Morgan fingerprint density at radius 2 is 1.61 bits per heavy atom. The molecule has 6 N–H and O–H groups in total. The van der Waals surface area contributed by atoms with Crippen LogP contribution in [0.5, 0.6) is 0 Å². The predicted octanol–water partition coefficient (Wildman–Crippen LogP) is -3.86. The van der Waals surface area contributed by atoms with E-state index >= 15 is 0 Å². The van der Waals surface area contributed by atoms with Crippen molar-refractivity contribution in [2.24, 2.45) is 0 Å². The fraction of sp³-hybridized carbons (Fsp3) is 0.900. The molecule has 7 atom stereocenters. The fourth-order valence-electron chi connectivity index (χ4n) is 1.84. The van der Waals surface area contributed by atoms with Crippen LogP contribution in [0, 0.1) is 0 Å². The van der Waals surface area contributed by atoms with Gasteiger partial charge >= 0.3 is 0 Å². The Kier molecular flexibility index (Phi) is 5.60. The van der Waals surface area contributed by atoms with Gasteiger partial charge in [-0.15, -0.1) is 0 Å². The van der Waals surface area contributed by atoms with Gasteiger partial charge < -0.3 is 40.2 Å². The smallest absolute Gasteiger partial charge is 0.151 e. The van der Waals surface area contributed by atoms with E-state index in [1.54, 1.807) is 0 Å². The molecule has 18 heavy (non-hydrogen) atoms. The molecule has 1 heterocycles. The average molecular weight is 266 g/mol. The third-order valence-electron chi connectivity index (χ3n) is 3.00. The van der Waals surface area contributed by atoms with E-state index in [1.807, 2.05) is 0 Å². The van der Waals surface area contributed by atoms with E-state index < -0.39 is 49.3 Å². The fourth-order valence-corrected chi connectivity index (χ4v) is 1.84. The van der Waals surface area contributed by atoms with Gasteiger partial charge in [0.1, 0.15) is 30.5 Å². The Balaban J connectivity index is 2.67. The monoisotopic (exact) mass is 266 g/mol. The summed E-state index contributed by atoms with van der Waals surface area (Å²) in [6.45, 7) is -0.576. The molecule has 0 amide bonds. The minimum Gasteiger partial charge on any atom is -0.394 e. The average Bonchev–Trinajstić information content (AvgIpc) is 2.38. The zero-order chi connectivity index (χ0) is 13.9. The number of hydrogen-bond donors (Lipinski definition) is 6. The standard InChI is InChI=1S/C10H18O8/c11-2-5(14)4(13)1-6-8(15)10(17)9(16)7(3-12)18-6/h2,4-10,12-17H,1,3H2/t4-,5-,6-,7-,8-,9-,10-/m1/s1. The topological polar surface area (TPSA) is 148 Å². The summed E-state index contributed by atoms with van der Waals surface area (Å²) >= 11 is 0. The van der Waals surface area contributed by atoms with E-state index in [0.29, 0.717) is 0 Å². The Labute approximate surface area is 103 Å². The molecule has 0 aromatic rings. The van der Waals surface area contributed by atoms with E-state index in [2.05, 4.69) is 0 Å². The lowest BCUT2D eigenvalue weighted by atomic mass is 9.91. The number of rotatable bonds is 5. The van der Waals surface area contributed by atoms with Crippen molar-refractivity contribution in [3.05, 3.63) is 0 Å². The van der Waals surface area contributed by atoms with Gasteiger partial charge in [0.15, 0.2) is 6.29 Å². The van der Waals surface area contributed by atoms with E-state index in [0.717, 1.165) is 0 Å². The third-order valence-corrected chi connectivity index (χ3v) is 3.00. The minimum atomic E-state index is -1.63. The molecule has 1 aliphatic heterocycles. The van der Waals surface area contributed by atoms with Crippen molar-refractivity contribution in [3.8, 4) is 0 Å². The van der Waals surface area contributed by atoms with Gasteiger partial charge in [-0.25, -0.2) is 0 Å². The summed E-state index contributed by atoms with van der Waals surface area (Å²) in [4.78, 5) is 10.3. The molecular weight excluding hydrogens is 248 g/mol. The summed E-state index contributed by atoms with van der Waals surface area (Å²) in [5.41, 5.74) is 0. The van der Waals surface area contributed by atoms with Gasteiger partial charge in [-0.3, -0.25) is 0 Å². The van der Waals surface area contributed by atoms with Crippen LogP contribution in [0.15, 0.2) is 0 Å². The molecular formula is C10H18O8. The van der Waals surface area contributed by atoms with Crippen LogP contribution in [0.2, 0.25) is 0 Å². The first kappa shape index (κ1) is 15.4. The molecule has 106 valence electrons. The van der Waals surface area contributed by atoms with Crippen LogP contribution in [0.25, 0.3) is 0 Å². The molecule has 0 aromatic heterocycles. The molecule has 1 fully saturated rings. The molecule has 0 radical (unpaired) electrons. The van der Waals surface area contributed by atoms with Gasteiger partial charge in [0.25, 0.3) is 0 Å². The van der Waals surface area contributed by atoms with Crippen molar-refractivity contribution in [1.82, 2.24) is 0 Å². The molecule has 1 aliphatic rings. The van der Waals surface area contributed by atoms with Crippen molar-refractivity contribution < 1.29 is 40.2 Å². The molecule has 1 rings (SSSR count). The minimum absolute atomic E-state index is 0.134. The molecule has 0 spiro atoms. The van der Waals surface area contributed by atoms with Crippen molar-refractivity contribution in [1.29, 1.82) is 0 Å². The highest BCUT2D eigenvalue weighted by atomic mass is 16.5. The maximum absolute atomic E-state index is 10.3. The summed E-state index contributed by atoms with van der Waals surface area (Å²) in [7, 11) is 0. The largest absolute Gasteiger partial charge is 0.394 e. The molecule has 1 saturated heterocycles. The van der Waals surface area contributed by atoms with E-state index in [-0.39, 0.29) is 12.7 Å². The maximum atomic E-state index is 10.3. The van der Waals surface area contributed by atoms with Crippen LogP contribution in [-0.4, -0.2) is 86.3 Å². The van der Waals surface area contributed by atoms with Crippen LogP contribution in [0.3, 0.4) is 0 Å². The Hall–Kier alpha value is -0.610. The number of aldehydes is 1. The van der Waals surface area contributed by atoms with Gasteiger partial charge in [0.2, 0.25) is 0 Å². The Morgan fingerprint density at radius 1 is 1.06 bits per heavy atom. The summed E-state index contributed by atoms with van der Waals surface area (Å²) in [5.74, 6) is 0. The highest BCUT2D eigenvalue weighted by molar-refractivity contribution is 5.56. The lowest BCUT2D eigenvalue weighted by Crippen LogP contribution is -2.59. The second-order valence-corrected chi connectivity index (χ2v) is 4.30. The molecule has 0 unspecified atom stereocenters. The molecule has 0 saturated carbocycles. The summed E-state index contributed by atoms with van der Waals surface area (Å²) in [6.07, 6.45) is -9.97. The van der Waals surface area contributed by atoms with E-state index in [9.17, 15) is 25.2 Å². The zero-order valence-corrected chi connectivity index (χ0v) is 9.53. The van der Waals surface area contributed by atoms with Crippen LogP contribution < -0.4 is 0 Å². The normalized spacial score (nSPS) is 40.2. The van der Waals surface area contributed by atoms with Crippen molar-refractivity contribution in [3.63, 3.8) is 0 Å². The number of aliphatic hydroxyl groups excluding tert-OH is 6. The number of carbonyl (C=O) groups excluding carboxylic acids is 1. The van der Waals surface area contributed by atoms with Crippen molar-refractivity contribution in [2.75, 3.05) is 6.61 Å². The number of aliphatic hydroxyl groups is 6. The highest BCUT2D eigenvalue weighted by Gasteiger charge is 2.44. The molecule has 0 aromatic carbocycles. The first-order chi connectivity index (χ1) is 8.42. The van der Waals surface area contributed by atoms with Crippen LogP contribution >= 0.6 is 0 Å². The van der Waals surface area contributed by atoms with E-state index in [1.165, 1.54) is 0 Å². The number of carbonyl (C=O) groups is 1. The third kappa shape index (κ3) is 3.23. The van der Waals surface area contributed by atoms with Gasteiger partial charge in [0, 0.05) is 6.42 Å². The first-order valence-corrected chi connectivity index (χ1v) is 5.54. The van der Waals surface area contributed by atoms with Crippen molar-refractivity contribution in [2.45, 2.75) is 49.1 Å². The summed E-state index contributed by atoms with van der Waals surface area (Å²) in [5, 5.41) is 56.0. The molecule has 8 nitrogen and oxygen atoms in total. The van der Waals surface area contributed by atoms with E-state index in [4.69, 9.17) is 14.9 Å². The van der Waals surface area contributed by atoms with Gasteiger partial charge in [0.05, 0.1) is 18.8 Å². The summed E-state index contributed by atoms with van der Waals surface area (Å²) < 4.78 is 5.10. The lowest BCUT2D eigenvalue weighted by Gasteiger charge is -2.40. The lowest BCUT2D eigenvalue weighted by molar-refractivity contribution is -0.235. The second kappa shape index (κ2) is 6.53. The maximum Gasteiger partial charge on any atom is 0.151 e. The second-order valence-electron chi connectivity index (χ2n) is 4.30. The zero-order valence-electron chi connectivity index (χ0n) is 9.53. The van der Waals surface area contributed by atoms with Crippen LogP contribution in [0.1, 0.15) is 6.42 Å². The van der Waals surface area contributed by atoms with Crippen LogP contribution in [0.4, 0.5) is 0 Å². The Bertz CT molecular complexity index is 271. The number of hydrogen-bond acceptors (Lipinski definition) is 8. The van der Waals surface area contributed by atoms with Gasteiger partial charge in [-0.05, 0) is 0 Å². The van der Waals surface area contributed by atoms with Gasteiger partial charge in [-0.2, -0.15) is 0 Å². The van der Waals surface area contributed by atoms with Crippen LogP contribution in [-0.2, 0) is 9.53 Å².